The van der Waals surface area contributed by atoms with E-state index in [-0.39, 0.29) is 17.2 Å². The van der Waals surface area contributed by atoms with Crippen LogP contribution < -0.4 is 21.3 Å². The van der Waals surface area contributed by atoms with Gasteiger partial charge in [-0.3, -0.25) is 9.78 Å². The summed E-state index contributed by atoms with van der Waals surface area (Å²) in [6.45, 7) is 3.15. The highest BCUT2D eigenvalue weighted by Crippen LogP contribution is 2.28. The predicted molar refractivity (Wildman–Crippen MR) is 142 cm³/mol. The third-order valence-electron chi connectivity index (χ3n) is 6.31. The Morgan fingerprint density at radius 1 is 1.08 bits per heavy atom. The fourth-order valence-corrected chi connectivity index (χ4v) is 4.20. The van der Waals surface area contributed by atoms with E-state index in [4.69, 9.17) is 0 Å². The molecular weight excluding hydrogens is 488 g/mol. The molecule has 4 aromatic rings. The Morgan fingerprint density at radius 3 is 2.66 bits per heavy atom. The van der Waals surface area contributed by atoms with Gasteiger partial charge in [0.25, 0.3) is 5.91 Å². The molecule has 8 nitrogen and oxygen atoms in total. The van der Waals surface area contributed by atoms with Crippen molar-refractivity contribution in [2.75, 3.05) is 23.7 Å². The highest BCUT2D eigenvalue weighted by Gasteiger charge is 2.34. The van der Waals surface area contributed by atoms with Gasteiger partial charge in [-0.1, -0.05) is 18.2 Å². The number of halogens is 2. The van der Waals surface area contributed by atoms with Crippen LogP contribution in [0.15, 0.2) is 79.3 Å². The van der Waals surface area contributed by atoms with Crippen LogP contribution in [0.4, 0.5) is 26.1 Å². The van der Waals surface area contributed by atoms with E-state index in [1.54, 1.807) is 36.8 Å². The number of amides is 1. The summed E-state index contributed by atoms with van der Waals surface area (Å²) in [6, 6.07) is 12.8. The fourth-order valence-electron chi connectivity index (χ4n) is 4.20. The van der Waals surface area contributed by atoms with E-state index in [2.05, 4.69) is 36.2 Å². The van der Waals surface area contributed by atoms with Gasteiger partial charge in [0.1, 0.15) is 0 Å². The predicted octanol–water partition coefficient (Wildman–Crippen LogP) is 4.84. The monoisotopic (exact) mass is 515 g/mol. The lowest BCUT2D eigenvalue weighted by Crippen LogP contribution is -2.42. The van der Waals surface area contributed by atoms with Crippen LogP contribution in [0.3, 0.4) is 0 Å². The second kappa shape index (κ2) is 11.0. The molecule has 0 saturated carbocycles. The molecule has 194 valence electrons. The van der Waals surface area contributed by atoms with Crippen LogP contribution in [-0.4, -0.2) is 40.0 Å². The van der Waals surface area contributed by atoms with Gasteiger partial charge in [-0.05, 0) is 67.9 Å². The Morgan fingerprint density at radius 2 is 1.92 bits per heavy atom. The van der Waals surface area contributed by atoms with Crippen LogP contribution >= 0.6 is 0 Å². The smallest absolute Gasteiger partial charge is 0.324 e. The molecule has 1 aliphatic rings. The molecule has 1 fully saturated rings. The quantitative estimate of drug-likeness (QED) is 0.249. The number of alkyl halides is 2. The van der Waals surface area contributed by atoms with Crippen molar-refractivity contribution in [1.29, 1.82) is 0 Å². The first-order valence-corrected chi connectivity index (χ1v) is 12.3. The van der Waals surface area contributed by atoms with Crippen LogP contribution in [0.1, 0.15) is 27.9 Å². The number of pyridine rings is 1. The Labute approximate surface area is 219 Å². The summed E-state index contributed by atoms with van der Waals surface area (Å²) in [5.74, 6) is -0.00566. The molecule has 2 aromatic heterocycles. The zero-order valence-corrected chi connectivity index (χ0v) is 20.7. The zero-order valence-electron chi connectivity index (χ0n) is 20.7. The number of benzene rings is 2. The Kier molecular flexibility index (Phi) is 7.34. The van der Waals surface area contributed by atoms with E-state index < -0.39 is 12.0 Å². The second-order valence-electron chi connectivity index (χ2n) is 9.10. The SMILES string of the molecule is Cc1ccc(NC(=O)c2ccc(C(F)(F)NC3CCNC3)cc2)cc1Nc1nccc(-c2cccnc2)n1. The summed E-state index contributed by atoms with van der Waals surface area (Å²) in [6.07, 6.45) is 5.73. The average molecular weight is 516 g/mol. The van der Waals surface area contributed by atoms with Crippen LogP contribution in [0.25, 0.3) is 11.3 Å². The molecule has 10 heteroatoms. The maximum atomic E-state index is 14.6. The van der Waals surface area contributed by atoms with Crippen LogP contribution in [0.2, 0.25) is 0 Å². The molecule has 38 heavy (non-hydrogen) atoms. The first-order chi connectivity index (χ1) is 18.4. The van der Waals surface area contributed by atoms with E-state index in [9.17, 15) is 13.6 Å². The molecule has 0 radical (unpaired) electrons. The van der Waals surface area contributed by atoms with E-state index in [1.807, 2.05) is 25.1 Å². The largest absolute Gasteiger partial charge is 0.329 e. The zero-order chi connectivity index (χ0) is 26.5. The molecule has 0 spiro atoms. The number of nitrogens with one attached hydrogen (secondary N) is 4. The van der Waals surface area contributed by atoms with Gasteiger partial charge >= 0.3 is 6.05 Å². The lowest BCUT2D eigenvalue weighted by atomic mass is 10.1. The molecule has 4 N–H and O–H groups in total. The normalized spacial score (nSPS) is 15.3. The molecule has 5 rings (SSSR count). The minimum atomic E-state index is -3.18. The minimum absolute atomic E-state index is 0.184. The maximum Gasteiger partial charge on any atom is 0.329 e. The minimum Gasteiger partial charge on any atom is -0.324 e. The molecule has 1 saturated heterocycles. The Balaban J connectivity index is 1.26. The highest BCUT2D eigenvalue weighted by molar-refractivity contribution is 6.04. The second-order valence-corrected chi connectivity index (χ2v) is 9.10. The van der Waals surface area contributed by atoms with Crippen molar-refractivity contribution in [3.8, 4) is 11.3 Å². The third kappa shape index (κ3) is 5.99. The van der Waals surface area contributed by atoms with E-state index >= 15 is 0 Å². The molecule has 0 bridgehead atoms. The molecule has 1 aliphatic heterocycles. The number of carbonyl (C=O) groups is 1. The Bertz CT molecular complexity index is 1410. The number of rotatable bonds is 8. The standard InChI is InChI=1S/C28H27F2N7O/c1-18-4-9-22(15-25(18)36-27-33-14-11-24(35-27)20-3-2-12-31-16-20)34-26(38)19-5-7-21(8-6-19)28(29,30)37-23-10-13-32-17-23/h2-9,11-12,14-16,23,32,37H,10,13,17H2,1H3,(H,34,38)(H,33,35,36). The maximum absolute atomic E-state index is 14.6. The van der Waals surface area contributed by atoms with Gasteiger partial charge in [-0.2, -0.15) is 8.78 Å². The van der Waals surface area contributed by atoms with Gasteiger partial charge in [-0.25, -0.2) is 15.3 Å². The first kappa shape index (κ1) is 25.4. The van der Waals surface area contributed by atoms with Gasteiger partial charge in [0.15, 0.2) is 0 Å². The fraction of sp³-hybridized carbons (Fsp3) is 0.214. The molecule has 1 amide bonds. The third-order valence-corrected chi connectivity index (χ3v) is 6.31. The van der Waals surface area contributed by atoms with Crippen LogP contribution in [-0.2, 0) is 6.05 Å². The first-order valence-electron chi connectivity index (χ1n) is 12.3. The summed E-state index contributed by atoms with van der Waals surface area (Å²) in [5, 5.41) is 11.5. The molecule has 2 aromatic carbocycles. The summed E-state index contributed by atoms with van der Waals surface area (Å²) >= 11 is 0. The van der Waals surface area contributed by atoms with Crippen molar-refractivity contribution in [1.82, 2.24) is 25.6 Å². The topological polar surface area (TPSA) is 104 Å². The van der Waals surface area contributed by atoms with Gasteiger partial charge < -0.3 is 16.0 Å². The van der Waals surface area contributed by atoms with Gasteiger partial charge in [-0.15, -0.1) is 0 Å². The summed E-state index contributed by atoms with van der Waals surface area (Å²) in [5.41, 5.74) is 3.86. The lowest BCUT2D eigenvalue weighted by molar-refractivity contribution is -0.0501. The summed E-state index contributed by atoms with van der Waals surface area (Å²) in [7, 11) is 0. The van der Waals surface area contributed by atoms with Gasteiger partial charge in [0.2, 0.25) is 5.95 Å². The number of carbonyl (C=O) groups excluding carboxylic acids is 1. The number of aryl methyl sites for hydroxylation is 1. The van der Waals surface area contributed by atoms with E-state index in [0.717, 1.165) is 16.8 Å². The number of aromatic nitrogens is 3. The van der Waals surface area contributed by atoms with Crippen molar-refractivity contribution < 1.29 is 13.6 Å². The highest BCUT2D eigenvalue weighted by atomic mass is 19.3. The molecule has 1 unspecified atom stereocenters. The van der Waals surface area contributed by atoms with Crippen LogP contribution in [0, 0.1) is 6.92 Å². The number of hydrogen-bond acceptors (Lipinski definition) is 7. The average Bonchev–Trinajstić information content (AvgIpc) is 3.44. The van der Waals surface area contributed by atoms with Crippen molar-refractivity contribution in [3.05, 3.63) is 95.9 Å². The van der Waals surface area contributed by atoms with Gasteiger partial charge in [0, 0.05) is 59.2 Å². The Hall–Kier alpha value is -4.28. The van der Waals surface area contributed by atoms with Crippen molar-refractivity contribution in [3.63, 3.8) is 0 Å². The molecule has 0 aliphatic carbocycles. The molecular formula is C28H27F2N7O. The number of hydrogen-bond donors (Lipinski definition) is 4. The summed E-state index contributed by atoms with van der Waals surface area (Å²) < 4.78 is 29.2. The van der Waals surface area contributed by atoms with E-state index in [0.29, 0.717) is 36.8 Å². The van der Waals surface area contributed by atoms with Crippen molar-refractivity contribution in [2.45, 2.75) is 25.4 Å². The van der Waals surface area contributed by atoms with E-state index in [1.165, 1.54) is 24.3 Å². The lowest BCUT2D eigenvalue weighted by Gasteiger charge is -2.22. The summed E-state index contributed by atoms with van der Waals surface area (Å²) in [4.78, 5) is 25.8. The number of nitrogens with zero attached hydrogens (tertiary/aromatic N) is 3. The van der Waals surface area contributed by atoms with Crippen LogP contribution in [0.5, 0.6) is 0 Å². The number of anilines is 3. The molecule has 1 atom stereocenters. The van der Waals surface area contributed by atoms with Gasteiger partial charge in [0.05, 0.1) is 5.69 Å². The van der Waals surface area contributed by atoms with Crippen molar-refractivity contribution in [2.24, 2.45) is 0 Å². The molecule has 3 heterocycles. The van der Waals surface area contributed by atoms with Crippen molar-refractivity contribution >= 4 is 23.2 Å².